The molecule has 9 aromatic rings. The number of fused-ring (bicyclic) bond motifs is 9. The SMILES string of the molecule is C1=Cc2oc3ccccc3c2C(c2nc(-c3cc4c5c(cccc5c3)-c3ccccc3-4)nc(-c3cccc4oc5ccccc5c34)n2)N1. The highest BCUT2D eigenvalue weighted by Crippen LogP contribution is 2.48. The molecule has 1 atom stereocenters. The Labute approximate surface area is 274 Å². The minimum absolute atomic E-state index is 0.350. The molecule has 0 radical (unpaired) electrons. The number of benzene rings is 6. The number of nitrogens with one attached hydrogen (secondary N) is 1. The fourth-order valence-electron chi connectivity index (χ4n) is 7.69. The first kappa shape index (κ1) is 25.6. The van der Waals surface area contributed by atoms with Crippen molar-refractivity contribution in [1.29, 1.82) is 0 Å². The lowest BCUT2D eigenvalue weighted by molar-refractivity contribution is 0.574. The molecule has 1 N–H and O–H groups in total. The van der Waals surface area contributed by atoms with E-state index in [1.165, 1.54) is 27.6 Å². The van der Waals surface area contributed by atoms with E-state index in [0.717, 1.165) is 60.7 Å². The van der Waals surface area contributed by atoms with Crippen molar-refractivity contribution in [2.75, 3.05) is 0 Å². The second-order valence-corrected chi connectivity index (χ2v) is 12.4. The molecule has 0 bridgehead atoms. The molecule has 3 aromatic heterocycles. The average molecular weight is 617 g/mol. The second-order valence-electron chi connectivity index (χ2n) is 12.4. The minimum atomic E-state index is -0.350. The standard InChI is InChI=1S/C42H24N4O2/c1-2-11-26-25(10-1)27-14-7-9-23-21-24(22-31(26)36(23)27)40-44-41(30-15-8-18-34-37(30)28-12-3-5-16-32(28)47-34)46-42(45-40)39-38-29-13-4-6-17-33(29)48-35(38)19-20-43-39/h1-22,39,43H. The molecule has 48 heavy (non-hydrogen) atoms. The normalized spacial score (nSPS) is 14.5. The van der Waals surface area contributed by atoms with E-state index in [-0.39, 0.29) is 6.04 Å². The van der Waals surface area contributed by atoms with E-state index in [1.54, 1.807) is 0 Å². The Morgan fingerprint density at radius 3 is 2.10 bits per heavy atom. The van der Waals surface area contributed by atoms with Gasteiger partial charge in [-0.2, -0.15) is 0 Å². The molecule has 1 unspecified atom stereocenters. The molecule has 0 saturated carbocycles. The van der Waals surface area contributed by atoms with Crippen molar-refractivity contribution in [2.24, 2.45) is 0 Å². The summed E-state index contributed by atoms with van der Waals surface area (Å²) in [7, 11) is 0. The molecular formula is C42H24N4O2. The fraction of sp³-hybridized carbons (Fsp3) is 0.0238. The lowest BCUT2D eigenvalue weighted by atomic mass is 9.98. The summed E-state index contributed by atoms with van der Waals surface area (Å²) in [6.45, 7) is 0. The van der Waals surface area contributed by atoms with E-state index in [9.17, 15) is 0 Å². The number of rotatable bonds is 3. The van der Waals surface area contributed by atoms with E-state index in [1.807, 2.05) is 60.8 Å². The largest absolute Gasteiger partial charge is 0.456 e. The molecule has 1 aliphatic carbocycles. The van der Waals surface area contributed by atoms with Gasteiger partial charge in [-0.1, -0.05) is 91.0 Å². The number of aromatic nitrogens is 3. The third-order valence-electron chi connectivity index (χ3n) is 9.75. The molecule has 11 rings (SSSR count). The third kappa shape index (κ3) is 3.54. The van der Waals surface area contributed by atoms with Crippen LogP contribution in [0, 0.1) is 0 Å². The summed E-state index contributed by atoms with van der Waals surface area (Å²) >= 11 is 0. The molecule has 6 aromatic carbocycles. The highest BCUT2D eigenvalue weighted by molar-refractivity contribution is 6.16. The van der Waals surface area contributed by atoms with Crippen LogP contribution >= 0.6 is 0 Å². The first-order chi connectivity index (χ1) is 23.8. The molecule has 0 amide bonds. The monoisotopic (exact) mass is 616 g/mol. The highest BCUT2D eigenvalue weighted by atomic mass is 16.3. The molecule has 224 valence electrons. The lowest BCUT2D eigenvalue weighted by Gasteiger charge is -2.21. The topological polar surface area (TPSA) is 77.0 Å². The average Bonchev–Trinajstić information content (AvgIpc) is 3.82. The maximum absolute atomic E-state index is 6.27. The Morgan fingerprint density at radius 2 is 1.21 bits per heavy atom. The number of hydrogen-bond acceptors (Lipinski definition) is 6. The van der Waals surface area contributed by atoms with Crippen LogP contribution in [0.5, 0.6) is 0 Å². The minimum Gasteiger partial charge on any atom is -0.456 e. The Hall–Kier alpha value is -6.53. The smallest absolute Gasteiger partial charge is 0.164 e. The summed E-state index contributed by atoms with van der Waals surface area (Å²) in [6, 6.07) is 41.5. The van der Waals surface area contributed by atoms with Crippen molar-refractivity contribution in [1.82, 2.24) is 20.3 Å². The van der Waals surface area contributed by atoms with Crippen LogP contribution in [0.15, 0.2) is 136 Å². The van der Waals surface area contributed by atoms with Gasteiger partial charge in [0.05, 0.1) is 0 Å². The van der Waals surface area contributed by atoms with Crippen LogP contribution in [-0.2, 0) is 0 Å². The summed E-state index contributed by atoms with van der Waals surface area (Å²) in [6.07, 6.45) is 3.88. The van der Waals surface area contributed by atoms with Crippen LogP contribution in [0.2, 0.25) is 0 Å². The van der Waals surface area contributed by atoms with E-state index in [0.29, 0.717) is 17.5 Å². The zero-order valence-corrected chi connectivity index (χ0v) is 25.4. The van der Waals surface area contributed by atoms with Gasteiger partial charge in [0.2, 0.25) is 0 Å². The van der Waals surface area contributed by atoms with Crippen LogP contribution in [0.3, 0.4) is 0 Å². The zero-order chi connectivity index (χ0) is 31.3. The van der Waals surface area contributed by atoms with Crippen LogP contribution in [0.4, 0.5) is 0 Å². The quantitative estimate of drug-likeness (QED) is 0.213. The van der Waals surface area contributed by atoms with Crippen molar-refractivity contribution in [3.8, 4) is 45.0 Å². The Kier molecular flexibility index (Phi) is 5.07. The Morgan fingerprint density at radius 1 is 0.521 bits per heavy atom. The number of nitrogens with zero attached hydrogens (tertiary/aromatic N) is 3. The third-order valence-corrected chi connectivity index (χ3v) is 9.75. The maximum atomic E-state index is 6.27. The van der Waals surface area contributed by atoms with E-state index < -0.39 is 0 Å². The first-order valence-electron chi connectivity index (χ1n) is 16.1. The van der Waals surface area contributed by atoms with Gasteiger partial charge in [-0.15, -0.1) is 0 Å². The van der Waals surface area contributed by atoms with Gasteiger partial charge in [0.1, 0.15) is 28.6 Å². The zero-order valence-electron chi connectivity index (χ0n) is 25.4. The number of para-hydroxylation sites is 2. The number of furan rings is 2. The molecule has 0 saturated heterocycles. The maximum Gasteiger partial charge on any atom is 0.164 e. The van der Waals surface area contributed by atoms with E-state index in [2.05, 4.69) is 78.1 Å². The van der Waals surface area contributed by atoms with Gasteiger partial charge >= 0.3 is 0 Å². The van der Waals surface area contributed by atoms with Crippen LogP contribution < -0.4 is 5.32 Å². The predicted molar refractivity (Wildman–Crippen MR) is 190 cm³/mol. The summed E-state index contributed by atoms with van der Waals surface area (Å²) in [5.41, 5.74) is 10.2. The summed E-state index contributed by atoms with van der Waals surface area (Å²) < 4.78 is 12.5. The molecule has 0 fully saturated rings. The van der Waals surface area contributed by atoms with Gasteiger partial charge in [0.15, 0.2) is 17.5 Å². The molecule has 6 heteroatoms. The van der Waals surface area contributed by atoms with Gasteiger partial charge in [-0.25, -0.2) is 15.0 Å². The van der Waals surface area contributed by atoms with E-state index >= 15 is 0 Å². The molecule has 0 spiro atoms. The van der Waals surface area contributed by atoms with Gasteiger partial charge in [0, 0.05) is 39.0 Å². The molecule has 2 aliphatic rings. The highest BCUT2D eigenvalue weighted by Gasteiger charge is 2.30. The van der Waals surface area contributed by atoms with Gasteiger partial charge in [-0.05, 0) is 69.4 Å². The molecular weight excluding hydrogens is 592 g/mol. The van der Waals surface area contributed by atoms with Crippen LogP contribution in [0.1, 0.15) is 23.2 Å². The van der Waals surface area contributed by atoms with Crippen molar-refractivity contribution >= 4 is 49.8 Å². The van der Waals surface area contributed by atoms with Gasteiger partial charge in [0.25, 0.3) is 0 Å². The van der Waals surface area contributed by atoms with E-state index in [4.69, 9.17) is 23.8 Å². The Bertz CT molecular complexity index is 2840. The van der Waals surface area contributed by atoms with Crippen LogP contribution in [-0.4, -0.2) is 15.0 Å². The second kappa shape index (κ2) is 9.50. The summed E-state index contributed by atoms with van der Waals surface area (Å²) in [4.78, 5) is 15.7. The van der Waals surface area contributed by atoms with Crippen molar-refractivity contribution in [2.45, 2.75) is 6.04 Å². The van der Waals surface area contributed by atoms with Crippen molar-refractivity contribution in [3.63, 3.8) is 0 Å². The molecule has 4 heterocycles. The fourth-order valence-corrected chi connectivity index (χ4v) is 7.69. The summed E-state index contributed by atoms with van der Waals surface area (Å²) in [5.74, 6) is 2.61. The van der Waals surface area contributed by atoms with Crippen molar-refractivity contribution in [3.05, 3.63) is 145 Å². The molecule has 6 nitrogen and oxygen atoms in total. The first-order valence-corrected chi connectivity index (χ1v) is 16.1. The lowest BCUT2D eigenvalue weighted by Crippen LogP contribution is -2.23. The predicted octanol–water partition coefficient (Wildman–Crippen LogP) is 10.3. The van der Waals surface area contributed by atoms with Gasteiger partial charge < -0.3 is 14.2 Å². The number of hydrogen-bond donors (Lipinski definition) is 1. The van der Waals surface area contributed by atoms with Crippen molar-refractivity contribution < 1.29 is 8.83 Å². The molecule has 1 aliphatic heterocycles. The van der Waals surface area contributed by atoms with Gasteiger partial charge in [-0.3, -0.25) is 0 Å². The summed E-state index contributed by atoms with van der Waals surface area (Å²) in [5, 5.41) is 9.01. The Balaban J connectivity index is 1.19. The van der Waals surface area contributed by atoms with Crippen LogP contribution in [0.25, 0.3) is 94.8 Å².